The van der Waals surface area contributed by atoms with Gasteiger partial charge in [0.15, 0.2) is 0 Å². The van der Waals surface area contributed by atoms with E-state index in [0.717, 1.165) is 18.3 Å². The van der Waals surface area contributed by atoms with E-state index in [0.29, 0.717) is 29.4 Å². The van der Waals surface area contributed by atoms with E-state index in [1.807, 2.05) is 26.0 Å². The van der Waals surface area contributed by atoms with Crippen LogP contribution in [0.2, 0.25) is 5.02 Å². The third-order valence-corrected chi connectivity index (χ3v) is 6.13. The molecule has 11 nitrogen and oxygen atoms in total. The van der Waals surface area contributed by atoms with Gasteiger partial charge >= 0.3 is 0 Å². The molecule has 0 aliphatic heterocycles. The summed E-state index contributed by atoms with van der Waals surface area (Å²) in [5.41, 5.74) is 0.965. The van der Waals surface area contributed by atoms with Crippen molar-refractivity contribution < 1.29 is 19.0 Å². The molecule has 0 spiro atoms. The Labute approximate surface area is 238 Å². The Morgan fingerprint density at radius 2 is 1.75 bits per heavy atom. The Balaban J connectivity index is 1.97. The number of halogens is 2. The van der Waals surface area contributed by atoms with Gasteiger partial charge in [-0.05, 0) is 52.2 Å². The number of ether oxygens (including phenoxy) is 1. The van der Waals surface area contributed by atoms with Crippen molar-refractivity contribution in [3.8, 4) is 5.75 Å². The number of carbonyl (C=O) groups excluding carboxylic acids is 1. The smallest absolute Gasteiger partial charge is 0.247 e. The molecule has 214 valence electrons. The molecule has 0 saturated heterocycles. The van der Waals surface area contributed by atoms with Gasteiger partial charge in [0.1, 0.15) is 17.9 Å². The molecule has 13 heteroatoms. The third-order valence-electron chi connectivity index (χ3n) is 5.84. The van der Waals surface area contributed by atoms with Crippen molar-refractivity contribution >= 4 is 52.2 Å². The van der Waals surface area contributed by atoms with Crippen molar-refractivity contribution in [3.63, 3.8) is 0 Å². The largest absolute Gasteiger partial charge is 0.494 e. The zero-order chi connectivity index (χ0) is 29.6. The van der Waals surface area contributed by atoms with Gasteiger partial charge < -0.3 is 35.6 Å². The molecule has 0 bridgehead atoms. The van der Waals surface area contributed by atoms with Crippen LogP contribution >= 0.6 is 11.6 Å². The Hall–Kier alpha value is -4.00. The van der Waals surface area contributed by atoms with Gasteiger partial charge in [-0.1, -0.05) is 18.2 Å². The maximum atomic E-state index is 14.1. The summed E-state index contributed by atoms with van der Waals surface area (Å²) in [7, 11) is 7.41. The molecule has 0 atom stereocenters. The van der Waals surface area contributed by atoms with Gasteiger partial charge in [0.25, 0.3) is 0 Å². The molecule has 1 aromatic heterocycles. The summed E-state index contributed by atoms with van der Waals surface area (Å²) in [4.78, 5) is 29.0. The van der Waals surface area contributed by atoms with Crippen LogP contribution in [0.3, 0.4) is 0 Å². The number of methoxy groups -OCH3 is 1. The second-order valence-corrected chi connectivity index (χ2v) is 10.1. The lowest BCUT2D eigenvalue weighted by Gasteiger charge is -2.26. The van der Waals surface area contributed by atoms with Crippen LogP contribution in [0, 0.1) is 5.82 Å². The molecular weight excluding hydrogens is 539 g/mol. The van der Waals surface area contributed by atoms with E-state index in [4.69, 9.17) is 16.3 Å². The number of benzene rings is 2. The molecule has 0 radical (unpaired) electrons. The minimum atomic E-state index is -1.37. The highest BCUT2D eigenvalue weighted by Gasteiger charge is 2.23. The van der Waals surface area contributed by atoms with Gasteiger partial charge in [-0.15, -0.1) is 0 Å². The predicted molar refractivity (Wildman–Crippen MR) is 157 cm³/mol. The first-order valence-corrected chi connectivity index (χ1v) is 12.7. The monoisotopic (exact) mass is 572 g/mol. The molecule has 0 aliphatic carbocycles. The first kappa shape index (κ1) is 30.5. The van der Waals surface area contributed by atoms with Gasteiger partial charge in [-0.2, -0.15) is 4.98 Å². The average molecular weight is 573 g/mol. The van der Waals surface area contributed by atoms with Crippen LogP contribution in [0.25, 0.3) is 0 Å². The average Bonchev–Trinajstić information content (AvgIpc) is 2.88. The number of anilines is 6. The molecule has 0 unspecified atom stereocenters. The number of rotatable bonds is 12. The lowest BCUT2D eigenvalue weighted by molar-refractivity contribution is -0.111. The summed E-state index contributed by atoms with van der Waals surface area (Å²) < 4.78 is 19.8. The predicted octanol–water partition coefficient (Wildman–Crippen LogP) is 4.51. The molecule has 4 N–H and O–H groups in total. The van der Waals surface area contributed by atoms with Crippen molar-refractivity contribution in [3.05, 3.63) is 59.7 Å². The molecule has 1 amide bonds. The summed E-state index contributed by atoms with van der Waals surface area (Å²) >= 11 is 5.99. The summed E-state index contributed by atoms with van der Waals surface area (Å²) in [6.07, 6.45) is 2.47. The van der Waals surface area contributed by atoms with Gasteiger partial charge in [0.05, 0.1) is 34.8 Å². The normalized spacial score (nSPS) is 11.2. The van der Waals surface area contributed by atoms with E-state index >= 15 is 0 Å². The molecule has 3 aromatic rings. The molecule has 40 heavy (non-hydrogen) atoms. The molecule has 3 rings (SSSR count). The quantitative estimate of drug-likeness (QED) is 0.230. The van der Waals surface area contributed by atoms with Gasteiger partial charge in [-0.25, -0.2) is 14.4 Å². The van der Waals surface area contributed by atoms with Crippen molar-refractivity contribution in [1.82, 2.24) is 19.9 Å². The van der Waals surface area contributed by atoms with Crippen LogP contribution in [0.5, 0.6) is 5.75 Å². The maximum absolute atomic E-state index is 14.1. The summed E-state index contributed by atoms with van der Waals surface area (Å²) in [5, 5.41) is 19.3. The highest BCUT2D eigenvalue weighted by molar-refractivity contribution is 6.31. The lowest BCUT2D eigenvalue weighted by Crippen LogP contribution is -2.29. The number of aliphatic hydroxyl groups is 1. The molecule has 1 heterocycles. The summed E-state index contributed by atoms with van der Waals surface area (Å²) in [6.45, 7) is 8.08. The van der Waals surface area contributed by atoms with Gasteiger partial charge in [0.2, 0.25) is 17.8 Å². The van der Waals surface area contributed by atoms with Gasteiger partial charge in [-0.3, -0.25) is 4.79 Å². The van der Waals surface area contributed by atoms with Crippen molar-refractivity contribution in [2.45, 2.75) is 19.4 Å². The van der Waals surface area contributed by atoms with E-state index in [1.54, 1.807) is 12.1 Å². The van der Waals surface area contributed by atoms with Crippen molar-refractivity contribution in [2.24, 2.45) is 0 Å². The molecule has 0 aliphatic rings. The van der Waals surface area contributed by atoms with Gasteiger partial charge in [0, 0.05) is 37.5 Å². The molecular formula is C27H34ClFN8O3. The number of aromatic nitrogens is 3. The minimum Gasteiger partial charge on any atom is -0.494 e. The van der Waals surface area contributed by atoms with Crippen molar-refractivity contribution in [1.29, 1.82) is 0 Å². The maximum Gasteiger partial charge on any atom is 0.247 e. The van der Waals surface area contributed by atoms with Crippen LogP contribution < -0.4 is 25.6 Å². The van der Waals surface area contributed by atoms with E-state index < -0.39 is 11.4 Å². The second-order valence-electron chi connectivity index (χ2n) is 9.74. The molecule has 0 fully saturated rings. The van der Waals surface area contributed by atoms with E-state index in [1.165, 1.54) is 39.4 Å². The standard InChI is InChI=1S/C27H34ClFN8O3/c1-8-24(38)32-20-13-21(23(40-7)14-22(20)37(6)10-9-36(4)5)34-26-31-15-30-25(35-26)33-19-12-17(28)18(29)11-16(19)27(2,3)39/h8,11-15,39H,1,9-10H2,2-7H3,(H,32,38)(H2,30,31,33,34,35). The van der Waals surface area contributed by atoms with Crippen LogP contribution in [0.1, 0.15) is 19.4 Å². The topological polar surface area (TPSA) is 128 Å². The van der Waals surface area contributed by atoms with Crippen molar-refractivity contribution in [2.75, 3.05) is 62.2 Å². The first-order chi connectivity index (χ1) is 18.8. The van der Waals surface area contributed by atoms with Crippen LogP contribution in [-0.4, -0.2) is 72.2 Å². The zero-order valence-electron chi connectivity index (χ0n) is 23.3. The van der Waals surface area contributed by atoms with E-state index in [2.05, 4.69) is 42.4 Å². The van der Waals surface area contributed by atoms with Crippen LogP contribution in [-0.2, 0) is 10.4 Å². The fourth-order valence-electron chi connectivity index (χ4n) is 3.72. The number of hydrogen-bond acceptors (Lipinski definition) is 10. The SMILES string of the molecule is C=CC(=O)Nc1cc(Nc2ncnc(Nc3cc(Cl)c(F)cc3C(C)(C)O)n2)c(OC)cc1N(C)CCN(C)C. The number of likely N-dealkylation sites (N-methyl/N-ethyl adjacent to an activating group) is 2. The Morgan fingerprint density at radius 3 is 2.33 bits per heavy atom. The second kappa shape index (κ2) is 12.9. The first-order valence-electron chi connectivity index (χ1n) is 12.3. The third kappa shape index (κ3) is 7.78. The zero-order valence-corrected chi connectivity index (χ0v) is 24.1. The minimum absolute atomic E-state index is 0.116. The number of carbonyl (C=O) groups is 1. The van der Waals surface area contributed by atoms with E-state index in [-0.39, 0.29) is 28.4 Å². The number of nitrogens with zero attached hydrogens (tertiary/aromatic N) is 5. The Kier molecular flexibility index (Phi) is 9.85. The van der Waals surface area contributed by atoms with Crippen LogP contribution in [0.4, 0.5) is 39.0 Å². The Morgan fingerprint density at radius 1 is 1.10 bits per heavy atom. The fraction of sp³-hybridized carbons (Fsp3) is 0.333. The molecule has 2 aromatic carbocycles. The summed E-state index contributed by atoms with van der Waals surface area (Å²) in [5.74, 6) is -0.281. The number of amides is 1. The lowest BCUT2D eigenvalue weighted by atomic mass is 9.96. The van der Waals surface area contributed by atoms with E-state index in [9.17, 15) is 14.3 Å². The van der Waals surface area contributed by atoms with Crippen LogP contribution in [0.15, 0.2) is 43.2 Å². The molecule has 0 saturated carbocycles. The number of nitrogens with one attached hydrogen (secondary N) is 3. The fourth-order valence-corrected chi connectivity index (χ4v) is 3.88. The number of hydrogen-bond donors (Lipinski definition) is 4. The highest BCUT2D eigenvalue weighted by Crippen LogP contribution is 2.38. The summed E-state index contributed by atoms with van der Waals surface area (Å²) in [6, 6.07) is 6.02. The Bertz CT molecular complexity index is 1380. The highest BCUT2D eigenvalue weighted by atomic mass is 35.5.